The Labute approximate surface area is 150 Å². The fraction of sp³-hybridized carbons (Fsp3) is 0.778. The Bertz CT molecular complexity index is 761. The normalized spacial score (nSPS) is 27.3. The van der Waals surface area contributed by atoms with Gasteiger partial charge in [-0.05, 0) is 56.9 Å². The molecule has 0 spiro atoms. The second-order valence-electron chi connectivity index (χ2n) is 7.94. The fourth-order valence-corrected chi connectivity index (χ4v) is 6.46. The van der Waals surface area contributed by atoms with E-state index in [9.17, 15) is 13.2 Å². The standard InChI is InChI=1S/C18H29N3O3S/c1-11(9-16-12(2)19-21(4)13(16)3)18(22)20-25(23,24)17-10-14-5-7-15(17)8-6-14/h11,14-15,17H,5-10H2,1-4H3,(H,20,22). The average molecular weight is 368 g/mol. The van der Waals surface area contributed by atoms with Gasteiger partial charge in [0.15, 0.2) is 0 Å². The predicted octanol–water partition coefficient (Wildman–Crippen LogP) is 2.24. The number of carbonyl (C=O) groups excluding carboxylic acids is 1. The fourth-order valence-electron chi connectivity index (χ4n) is 4.52. The van der Waals surface area contributed by atoms with Crippen molar-refractivity contribution < 1.29 is 13.2 Å². The highest BCUT2D eigenvalue weighted by molar-refractivity contribution is 7.90. The van der Waals surface area contributed by atoms with Crippen molar-refractivity contribution in [3.63, 3.8) is 0 Å². The van der Waals surface area contributed by atoms with E-state index in [0.29, 0.717) is 18.8 Å². The number of hydrogen-bond acceptors (Lipinski definition) is 4. The van der Waals surface area contributed by atoms with Crippen molar-refractivity contribution in [2.24, 2.45) is 24.8 Å². The van der Waals surface area contributed by atoms with E-state index in [2.05, 4.69) is 9.82 Å². The van der Waals surface area contributed by atoms with Crippen LogP contribution in [0.5, 0.6) is 0 Å². The van der Waals surface area contributed by atoms with Crippen LogP contribution in [-0.4, -0.2) is 29.4 Å². The highest BCUT2D eigenvalue weighted by atomic mass is 32.2. The van der Waals surface area contributed by atoms with Crippen molar-refractivity contribution in [3.05, 3.63) is 17.0 Å². The third-order valence-electron chi connectivity index (χ3n) is 6.24. The van der Waals surface area contributed by atoms with Crippen molar-refractivity contribution >= 4 is 15.9 Å². The minimum Gasteiger partial charge on any atom is -0.274 e. The first-order chi connectivity index (χ1) is 11.7. The van der Waals surface area contributed by atoms with E-state index in [1.165, 1.54) is 0 Å². The van der Waals surface area contributed by atoms with E-state index in [4.69, 9.17) is 0 Å². The lowest BCUT2D eigenvalue weighted by Crippen LogP contribution is -2.48. The molecule has 1 aromatic heterocycles. The minimum atomic E-state index is -3.59. The van der Waals surface area contributed by atoms with E-state index in [-0.39, 0.29) is 5.92 Å². The zero-order chi connectivity index (χ0) is 18.4. The number of sulfonamides is 1. The number of rotatable bonds is 5. The molecule has 0 aliphatic heterocycles. The maximum atomic E-state index is 12.7. The van der Waals surface area contributed by atoms with Crippen LogP contribution in [0.4, 0.5) is 0 Å². The highest BCUT2D eigenvalue weighted by Crippen LogP contribution is 2.43. The molecule has 0 saturated heterocycles. The van der Waals surface area contributed by atoms with E-state index in [1.54, 1.807) is 11.6 Å². The van der Waals surface area contributed by atoms with Gasteiger partial charge < -0.3 is 0 Å². The number of nitrogens with one attached hydrogen (secondary N) is 1. The Morgan fingerprint density at radius 2 is 1.92 bits per heavy atom. The molecule has 6 nitrogen and oxygen atoms in total. The first kappa shape index (κ1) is 18.4. The van der Waals surface area contributed by atoms with Crippen molar-refractivity contribution in [2.45, 2.75) is 64.5 Å². The van der Waals surface area contributed by atoms with Gasteiger partial charge in [-0.3, -0.25) is 14.2 Å². The molecule has 3 saturated carbocycles. The summed E-state index contributed by atoms with van der Waals surface area (Å²) in [5.41, 5.74) is 2.94. The first-order valence-corrected chi connectivity index (χ1v) is 10.8. The largest absolute Gasteiger partial charge is 0.274 e. The monoisotopic (exact) mass is 367 g/mol. The topological polar surface area (TPSA) is 81.1 Å². The molecule has 2 atom stereocenters. The summed E-state index contributed by atoms with van der Waals surface area (Å²) in [6.07, 6.45) is 5.45. The van der Waals surface area contributed by atoms with Crippen molar-refractivity contribution in [1.82, 2.24) is 14.5 Å². The zero-order valence-corrected chi connectivity index (χ0v) is 16.4. The zero-order valence-electron chi connectivity index (χ0n) is 15.6. The molecule has 7 heteroatoms. The molecule has 1 heterocycles. The average Bonchev–Trinajstić information content (AvgIpc) is 2.81. The molecule has 1 aromatic rings. The summed E-state index contributed by atoms with van der Waals surface area (Å²) in [6, 6.07) is 0. The van der Waals surface area contributed by atoms with Crippen LogP contribution < -0.4 is 4.72 Å². The molecule has 25 heavy (non-hydrogen) atoms. The third kappa shape index (κ3) is 3.61. The lowest BCUT2D eigenvalue weighted by molar-refractivity contribution is -0.122. The van der Waals surface area contributed by atoms with Crippen LogP contribution in [-0.2, 0) is 28.3 Å². The lowest BCUT2D eigenvalue weighted by Gasteiger charge is -2.41. The first-order valence-electron chi connectivity index (χ1n) is 9.23. The Kier molecular flexibility index (Phi) is 4.97. The van der Waals surface area contributed by atoms with Crippen LogP contribution in [0.15, 0.2) is 0 Å². The van der Waals surface area contributed by atoms with Gasteiger partial charge in [-0.1, -0.05) is 19.8 Å². The van der Waals surface area contributed by atoms with Crippen molar-refractivity contribution in [1.29, 1.82) is 0 Å². The predicted molar refractivity (Wildman–Crippen MR) is 96.5 cm³/mol. The van der Waals surface area contributed by atoms with E-state index in [1.807, 2.05) is 20.9 Å². The molecule has 0 radical (unpaired) electrons. The van der Waals surface area contributed by atoms with E-state index >= 15 is 0 Å². The number of hydrogen-bond donors (Lipinski definition) is 1. The second-order valence-corrected chi connectivity index (χ2v) is 9.84. The number of nitrogens with zero attached hydrogens (tertiary/aromatic N) is 2. The van der Waals surface area contributed by atoms with Gasteiger partial charge in [-0.15, -0.1) is 0 Å². The van der Waals surface area contributed by atoms with Crippen molar-refractivity contribution in [2.75, 3.05) is 0 Å². The van der Waals surface area contributed by atoms with Crippen LogP contribution in [0.25, 0.3) is 0 Å². The second kappa shape index (κ2) is 6.74. The Balaban J connectivity index is 1.66. The number of carbonyl (C=O) groups is 1. The Morgan fingerprint density at radius 3 is 2.40 bits per heavy atom. The van der Waals surface area contributed by atoms with Gasteiger partial charge in [0, 0.05) is 18.7 Å². The molecular formula is C18H29N3O3S. The van der Waals surface area contributed by atoms with Gasteiger partial charge in [0.05, 0.1) is 10.9 Å². The molecule has 3 aliphatic rings. The summed E-state index contributed by atoms with van der Waals surface area (Å²) in [5, 5.41) is 3.97. The smallest absolute Gasteiger partial charge is 0.238 e. The summed E-state index contributed by atoms with van der Waals surface area (Å²) in [4.78, 5) is 12.5. The van der Waals surface area contributed by atoms with Crippen molar-refractivity contribution in [3.8, 4) is 0 Å². The number of aromatic nitrogens is 2. The van der Waals surface area contributed by atoms with Crippen LogP contribution in [0, 0.1) is 31.6 Å². The van der Waals surface area contributed by atoms with Crippen LogP contribution >= 0.6 is 0 Å². The summed E-state index contributed by atoms with van der Waals surface area (Å²) in [5.74, 6) is -0.0746. The Hall–Kier alpha value is -1.37. The molecule has 1 N–H and O–H groups in total. The minimum absolute atomic E-state index is 0.216. The molecule has 3 fully saturated rings. The lowest BCUT2D eigenvalue weighted by atomic mass is 9.70. The summed E-state index contributed by atoms with van der Waals surface area (Å²) < 4.78 is 29.6. The molecule has 140 valence electrons. The molecule has 0 aromatic carbocycles. The maximum absolute atomic E-state index is 12.7. The molecule has 2 bridgehead atoms. The van der Waals surface area contributed by atoms with Crippen LogP contribution in [0.3, 0.4) is 0 Å². The number of fused-ring (bicyclic) bond motifs is 3. The Morgan fingerprint density at radius 1 is 1.28 bits per heavy atom. The van der Waals surface area contributed by atoms with Crippen LogP contribution in [0.1, 0.15) is 56.0 Å². The molecule has 3 aliphatic carbocycles. The van der Waals surface area contributed by atoms with Gasteiger partial charge in [-0.2, -0.15) is 5.10 Å². The summed E-state index contributed by atoms with van der Waals surface area (Å²) in [7, 11) is -1.71. The van der Waals surface area contributed by atoms with E-state index in [0.717, 1.165) is 42.6 Å². The van der Waals surface area contributed by atoms with Gasteiger partial charge in [0.1, 0.15) is 0 Å². The summed E-state index contributed by atoms with van der Waals surface area (Å²) >= 11 is 0. The van der Waals surface area contributed by atoms with Gasteiger partial charge in [0.25, 0.3) is 0 Å². The van der Waals surface area contributed by atoms with Crippen LogP contribution in [0.2, 0.25) is 0 Å². The summed E-state index contributed by atoms with van der Waals surface area (Å²) in [6.45, 7) is 5.67. The van der Waals surface area contributed by atoms with Gasteiger partial charge in [0.2, 0.25) is 15.9 Å². The van der Waals surface area contributed by atoms with E-state index < -0.39 is 27.1 Å². The molecule has 1 amide bonds. The molecule has 4 rings (SSSR count). The third-order valence-corrected chi connectivity index (χ3v) is 8.10. The maximum Gasteiger partial charge on any atom is 0.238 e. The van der Waals surface area contributed by atoms with Gasteiger partial charge >= 0.3 is 0 Å². The number of aryl methyl sites for hydroxylation is 2. The SMILES string of the molecule is Cc1nn(C)c(C)c1CC(C)C(=O)NS(=O)(=O)C1CC2CCC1CC2. The number of amides is 1. The molecule has 2 unspecified atom stereocenters. The van der Waals surface area contributed by atoms with Gasteiger partial charge in [-0.25, -0.2) is 8.42 Å². The molecular weight excluding hydrogens is 338 g/mol. The quantitative estimate of drug-likeness (QED) is 0.865. The highest BCUT2D eigenvalue weighted by Gasteiger charge is 2.43.